The Morgan fingerprint density at radius 1 is 1.69 bits per heavy atom. The Labute approximate surface area is 80.1 Å². The van der Waals surface area contributed by atoms with Crippen LogP contribution >= 0.6 is 0 Å². The Hall–Kier alpha value is -0.570. The van der Waals surface area contributed by atoms with Gasteiger partial charge in [-0.1, -0.05) is 13.8 Å². The molecule has 0 aromatic rings. The molecule has 0 heterocycles. The van der Waals surface area contributed by atoms with Gasteiger partial charge < -0.3 is 11.1 Å². The molecule has 0 aliphatic heterocycles. The van der Waals surface area contributed by atoms with Gasteiger partial charge in [-0.25, -0.2) is 0 Å². The highest BCUT2D eigenvalue weighted by molar-refractivity contribution is 5.81. The lowest BCUT2D eigenvalue weighted by molar-refractivity contribution is -0.123. The van der Waals surface area contributed by atoms with E-state index in [2.05, 4.69) is 19.2 Å². The van der Waals surface area contributed by atoms with Gasteiger partial charge in [0.2, 0.25) is 5.91 Å². The quantitative estimate of drug-likeness (QED) is 0.666. The summed E-state index contributed by atoms with van der Waals surface area (Å²) in [6.45, 7) is 4.85. The van der Waals surface area contributed by atoms with Gasteiger partial charge in [-0.3, -0.25) is 4.79 Å². The molecule has 1 fully saturated rings. The Kier molecular flexibility index (Phi) is 3.72. The molecule has 3 nitrogen and oxygen atoms in total. The predicted molar refractivity (Wildman–Crippen MR) is 53.2 cm³/mol. The minimum atomic E-state index is 0.229. The minimum absolute atomic E-state index is 0.229. The molecule has 1 rings (SSSR count). The molecule has 3 atom stereocenters. The van der Waals surface area contributed by atoms with Gasteiger partial charge in [-0.05, 0) is 31.7 Å². The van der Waals surface area contributed by atoms with Crippen molar-refractivity contribution in [1.29, 1.82) is 0 Å². The molecule has 0 spiro atoms. The number of carbonyl (C=O) groups is 1. The van der Waals surface area contributed by atoms with Crippen molar-refractivity contribution in [3.8, 4) is 0 Å². The molecule has 1 amide bonds. The zero-order valence-corrected chi connectivity index (χ0v) is 8.55. The average molecular weight is 184 g/mol. The van der Waals surface area contributed by atoms with Crippen LogP contribution in [-0.4, -0.2) is 18.5 Å². The molecular weight excluding hydrogens is 164 g/mol. The Balaban J connectivity index is 2.24. The highest BCUT2D eigenvalue weighted by Gasteiger charge is 2.39. The summed E-state index contributed by atoms with van der Waals surface area (Å²) in [4.78, 5) is 11.5. The van der Waals surface area contributed by atoms with Crippen LogP contribution < -0.4 is 11.1 Å². The zero-order chi connectivity index (χ0) is 9.84. The molecule has 76 valence electrons. The van der Waals surface area contributed by atoms with Crippen LogP contribution in [0.4, 0.5) is 0 Å². The topological polar surface area (TPSA) is 55.1 Å². The summed E-state index contributed by atoms with van der Waals surface area (Å²) in [7, 11) is 0. The molecule has 0 aromatic carbocycles. The van der Waals surface area contributed by atoms with E-state index in [9.17, 15) is 4.79 Å². The van der Waals surface area contributed by atoms with Gasteiger partial charge in [0.25, 0.3) is 0 Å². The van der Waals surface area contributed by atoms with E-state index < -0.39 is 0 Å². The highest BCUT2D eigenvalue weighted by Crippen LogP contribution is 2.37. The summed E-state index contributed by atoms with van der Waals surface area (Å²) in [5.41, 5.74) is 5.45. The lowest BCUT2D eigenvalue weighted by Crippen LogP contribution is -2.37. The summed E-state index contributed by atoms with van der Waals surface area (Å²) in [6.07, 6.45) is 2.93. The normalized spacial score (nSPS) is 28.2. The largest absolute Gasteiger partial charge is 0.353 e. The zero-order valence-electron chi connectivity index (χ0n) is 8.55. The molecule has 3 N–H and O–H groups in total. The van der Waals surface area contributed by atoms with E-state index in [1.54, 1.807) is 0 Å². The lowest BCUT2D eigenvalue weighted by Gasteiger charge is -2.15. The third kappa shape index (κ3) is 2.99. The summed E-state index contributed by atoms with van der Waals surface area (Å²) >= 11 is 0. The molecule has 3 unspecified atom stereocenters. The first kappa shape index (κ1) is 10.5. The first-order valence-corrected chi connectivity index (χ1v) is 5.19. The van der Waals surface area contributed by atoms with Gasteiger partial charge in [0.15, 0.2) is 0 Å². The number of nitrogens with one attached hydrogen (secondary N) is 1. The van der Waals surface area contributed by atoms with E-state index in [-0.39, 0.29) is 17.9 Å². The van der Waals surface area contributed by atoms with Crippen molar-refractivity contribution >= 4 is 5.91 Å². The number of hydrogen-bond acceptors (Lipinski definition) is 2. The van der Waals surface area contributed by atoms with Crippen LogP contribution in [0.2, 0.25) is 0 Å². The van der Waals surface area contributed by atoms with Crippen LogP contribution in [0.1, 0.15) is 33.1 Å². The Bertz CT molecular complexity index is 182. The molecule has 0 radical (unpaired) electrons. The SMILES string of the molecule is CCC(CCN)NC(=O)C1CC1C. The van der Waals surface area contributed by atoms with E-state index >= 15 is 0 Å². The van der Waals surface area contributed by atoms with Crippen molar-refractivity contribution in [2.45, 2.75) is 39.2 Å². The fraction of sp³-hybridized carbons (Fsp3) is 0.900. The second kappa shape index (κ2) is 4.61. The van der Waals surface area contributed by atoms with Crippen molar-refractivity contribution in [2.75, 3.05) is 6.54 Å². The van der Waals surface area contributed by atoms with Crippen LogP contribution in [0, 0.1) is 11.8 Å². The lowest BCUT2D eigenvalue weighted by atomic mass is 10.1. The Morgan fingerprint density at radius 3 is 2.69 bits per heavy atom. The maximum Gasteiger partial charge on any atom is 0.223 e. The van der Waals surface area contributed by atoms with Crippen LogP contribution in [0.5, 0.6) is 0 Å². The third-order valence-electron chi connectivity index (χ3n) is 2.80. The van der Waals surface area contributed by atoms with Gasteiger partial charge in [0, 0.05) is 12.0 Å². The summed E-state index contributed by atoms with van der Waals surface area (Å²) in [5, 5.41) is 3.04. The van der Waals surface area contributed by atoms with E-state index in [1.807, 2.05) is 0 Å². The molecular formula is C10H20N2O. The smallest absolute Gasteiger partial charge is 0.223 e. The first-order chi connectivity index (χ1) is 6.19. The predicted octanol–water partition coefficient (Wildman–Crippen LogP) is 0.886. The van der Waals surface area contributed by atoms with Crippen LogP contribution in [0.15, 0.2) is 0 Å². The number of carbonyl (C=O) groups excluding carboxylic acids is 1. The molecule has 1 aliphatic carbocycles. The standard InChI is InChI=1S/C10H20N2O/c1-3-8(4-5-11)12-10(13)9-6-7(9)2/h7-9H,3-6,11H2,1-2H3,(H,12,13). The fourth-order valence-corrected chi connectivity index (χ4v) is 1.58. The van der Waals surface area contributed by atoms with Crippen LogP contribution in [-0.2, 0) is 4.79 Å². The van der Waals surface area contributed by atoms with Crippen molar-refractivity contribution < 1.29 is 4.79 Å². The number of rotatable bonds is 5. The molecule has 3 heteroatoms. The van der Waals surface area contributed by atoms with Crippen molar-refractivity contribution in [3.63, 3.8) is 0 Å². The van der Waals surface area contributed by atoms with Gasteiger partial charge in [0.1, 0.15) is 0 Å². The van der Waals surface area contributed by atoms with Gasteiger partial charge >= 0.3 is 0 Å². The maximum atomic E-state index is 11.5. The first-order valence-electron chi connectivity index (χ1n) is 5.19. The highest BCUT2D eigenvalue weighted by atomic mass is 16.2. The van der Waals surface area contributed by atoms with Gasteiger partial charge in [-0.2, -0.15) is 0 Å². The van der Waals surface area contributed by atoms with Crippen molar-refractivity contribution in [1.82, 2.24) is 5.32 Å². The second-order valence-electron chi connectivity index (χ2n) is 4.01. The van der Waals surface area contributed by atoms with E-state index in [0.29, 0.717) is 12.5 Å². The number of hydrogen-bond donors (Lipinski definition) is 2. The maximum absolute atomic E-state index is 11.5. The minimum Gasteiger partial charge on any atom is -0.353 e. The summed E-state index contributed by atoms with van der Waals surface area (Å²) in [5.74, 6) is 1.11. The van der Waals surface area contributed by atoms with Gasteiger partial charge in [0.05, 0.1) is 0 Å². The van der Waals surface area contributed by atoms with E-state index in [4.69, 9.17) is 5.73 Å². The summed E-state index contributed by atoms with van der Waals surface area (Å²) < 4.78 is 0. The number of amides is 1. The monoisotopic (exact) mass is 184 g/mol. The number of nitrogens with two attached hydrogens (primary N) is 1. The van der Waals surface area contributed by atoms with Crippen molar-refractivity contribution in [2.24, 2.45) is 17.6 Å². The third-order valence-corrected chi connectivity index (χ3v) is 2.80. The average Bonchev–Trinajstić information content (AvgIpc) is 2.82. The second-order valence-corrected chi connectivity index (χ2v) is 4.01. The molecule has 0 aromatic heterocycles. The van der Waals surface area contributed by atoms with E-state index in [1.165, 1.54) is 0 Å². The fourth-order valence-electron chi connectivity index (χ4n) is 1.58. The van der Waals surface area contributed by atoms with E-state index in [0.717, 1.165) is 19.3 Å². The molecule has 0 bridgehead atoms. The molecule has 13 heavy (non-hydrogen) atoms. The van der Waals surface area contributed by atoms with Crippen molar-refractivity contribution in [3.05, 3.63) is 0 Å². The van der Waals surface area contributed by atoms with Crippen LogP contribution in [0.3, 0.4) is 0 Å². The van der Waals surface area contributed by atoms with Crippen LogP contribution in [0.25, 0.3) is 0 Å². The molecule has 0 saturated heterocycles. The Morgan fingerprint density at radius 2 is 2.31 bits per heavy atom. The van der Waals surface area contributed by atoms with Gasteiger partial charge in [-0.15, -0.1) is 0 Å². The summed E-state index contributed by atoms with van der Waals surface area (Å²) in [6, 6.07) is 0.283. The molecule has 1 saturated carbocycles. The molecule has 1 aliphatic rings.